The zero-order chi connectivity index (χ0) is 19.7. The van der Waals surface area contributed by atoms with Crippen molar-refractivity contribution in [3.8, 4) is 0 Å². The summed E-state index contributed by atoms with van der Waals surface area (Å²) in [6.07, 6.45) is 0. The first-order chi connectivity index (χ1) is 13.4. The number of aryl methyl sites for hydroxylation is 2. The third-order valence-electron chi connectivity index (χ3n) is 6.62. The Kier molecular flexibility index (Phi) is 3.72. The van der Waals surface area contributed by atoms with Crippen molar-refractivity contribution in [2.45, 2.75) is 53.4 Å². The quantitative estimate of drug-likeness (QED) is 0.217. The van der Waals surface area contributed by atoms with Crippen LogP contribution in [0.3, 0.4) is 0 Å². The summed E-state index contributed by atoms with van der Waals surface area (Å²) in [7, 11) is 0. The van der Waals surface area contributed by atoms with Crippen LogP contribution in [-0.4, -0.2) is 0 Å². The highest BCUT2D eigenvalue weighted by molar-refractivity contribution is 6.33. The fourth-order valence-corrected chi connectivity index (χ4v) is 4.83. The summed E-state index contributed by atoms with van der Waals surface area (Å²) >= 11 is 0. The van der Waals surface area contributed by atoms with E-state index in [1.165, 1.54) is 65.3 Å². The molecule has 5 rings (SSSR count). The lowest BCUT2D eigenvalue weighted by Crippen LogP contribution is -1.96. The van der Waals surface area contributed by atoms with Crippen molar-refractivity contribution in [1.29, 1.82) is 0 Å². The van der Waals surface area contributed by atoms with Gasteiger partial charge in [0.2, 0.25) is 0 Å². The van der Waals surface area contributed by atoms with Crippen LogP contribution < -0.4 is 0 Å². The highest BCUT2D eigenvalue weighted by atomic mass is 14.2. The molecule has 0 nitrogen and oxygen atoms in total. The fraction of sp³-hybridized carbons (Fsp3) is 0.286. The summed E-state index contributed by atoms with van der Waals surface area (Å²) in [5.74, 6) is 1.04. The first-order valence-corrected chi connectivity index (χ1v) is 10.5. The normalized spacial score (nSPS) is 12.6. The molecule has 0 heterocycles. The van der Waals surface area contributed by atoms with Crippen LogP contribution in [0.25, 0.3) is 43.1 Å². The lowest BCUT2D eigenvalue weighted by Gasteiger charge is -2.20. The van der Waals surface area contributed by atoms with Gasteiger partial charge < -0.3 is 0 Å². The molecule has 0 amide bonds. The van der Waals surface area contributed by atoms with E-state index in [9.17, 15) is 0 Å². The van der Waals surface area contributed by atoms with E-state index in [-0.39, 0.29) is 0 Å². The SMILES string of the molecule is Cc1ccc2c3ccc(C)c4cc(C(C)C)cc(c5cc(C(C)C)cc1c25)c43. The van der Waals surface area contributed by atoms with E-state index in [1.807, 2.05) is 0 Å². The number of rotatable bonds is 2. The standard InChI is InChI=1S/C28H28/c1-15(2)19-11-23-17(5)7-9-21-22-10-8-18(6)24-12-20(16(3)4)14-26(28(22)24)25(13-19)27(21)23/h7-16H,1-6H3. The van der Waals surface area contributed by atoms with Crippen LogP contribution in [0.5, 0.6) is 0 Å². The molecule has 5 aromatic rings. The van der Waals surface area contributed by atoms with Crippen molar-refractivity contribution < 1.29 is 0 Å². The third-order valence-corrected chi connectivity index (χ3v) is 6.62. The van der Waals surface area contributed by atoms with Crippen molar-refractivity contribution in [3.05, 3.63) is 70.8 Å². The molecule has 0 saturated heterocycles. The summed E-state index contributed by atoms with van der Waals surface area (Å²) in [5.41, 5.74) is 5.60. The largest absolute Gasteiger partial charge is 0.0587 e. The summed E-state index contributed by atoms with van der Waals surface area (Å²) in [4.78, 5) is 0. The topological polar surface area (TPSA) is 0 Å². The average molecular weight is 365 g/mol. The molecule has 0 fully saturated rings. The van der Waals surface area contributed by atoms with Crippen molar-refractivity contribution in [2.24, 2.45) is 0 Å². The van der Waals surface area contributed by atoms with Crippen LogP contribution in [-0.2, 0) is 0 Å². The van der Waals surface area contributed by atoms with E-state index >= 15 is 0 Å². The second kappa shape index (κ2) is 5.95. The lowest BCUT2D eigenvalue weighted by molar-refractivity contribution is 0.869. The number of benzene rings is 5. The molecule has 0 N–H and O–H groups in total. The second-order valence-corrected chi connectivity index (χ2v) is 9.15. The molecule has 28 heavy (non-hydrogen) atoms. The molecule has 0 aliphatic carbocycles. The molecule has 0 saturated carbocycles. The first-order valence-electron chi connectivity index (χ1n) is 10.5. The smallest absolute Gasteiger partial charge is 0.00235 e. The van der Waals surface area contributed by atoms with Crippen LogP contribution in [0.4, 0.5) is 0 Å². The van der Waals surface area contributed by atoms with E-state index in [1.54, 1.807) is 0 Å². The monoisotopic (exact) mass is 364 g/mol. The molecule has 0 unspecified atom stereocenters. The Balaban J connectivity index is 2.16. The lowest BCUT2D eigenvalue weighted by atomic mass is 9.84. The van der Waals surface area contributed by atoms with Gasteiger partial charge in [-0.25, -0.2) is 0 Å². The van der Waals surface area contributed by atoms with Gasteiger partial charge in [-0.1, -0.05) is 76.2 Å². The fourth-order valence-electron chi connectivity index (χ4n) is 4.83. The molecule has 0 aliphatic rings. The maximum Gasteiger partial charge on any atom is -0.00235 e. The van der Waals surface area contributed by atoms with Gasteiger partial charge in [-0.3, -0.25) is 0 Å². The van der Waals surface area contributed by atoms with E-state index in [2.05, 4.69) is 90.1 Å². The van der Waals surface area contributed by atoms with Crippen LogP contribution in [0.15, 0.2) is 48.5 Å². The van der Waals surface area contributed by atoms with Gasteiger partial charge in [0.25, 0.3) is 0 Å². The predicted octanol–water partition coefficient (Wildman–Crippen LogP) is 8.60. The molecular formula is C28H28. The van der Waals surface area contributed by atoms with Gasteiger partial charge in [0.15, 0.2) is 0 Å². The molecule has 140 valence electrons. The third kappa shape index (κ3) is 2.30. The number of hydrogen-bond acceptors (Lipinski definition) is 0. The van der Waals surface area contributed by atoms with Crippen LogP contribution in [0.2, 0.25) is 0 Å². The Morgan fingerprint density at radius 1 is 0.464 bits per heavy atom. The molecule has 0 bridgehead atoms. The van der Waals surface area contributed by atoms with E-state index in [0.29, 0.717) is 11.8 Å². The Hall–Kier alpha value is -2.60. The van der Waals surface area contributed by atoms with Gasteiger partial charge in [-0.2, -0.15) is 0 Å². The zero-order valence-electron chi connectivity index (χ0n) is 17.8. The molecule has 0 radical (unpaired) electrons. The van der Waals surface area contributed by atoms with Gasteiger partial charge >= 0.3 is 0 Å². The zero-order valence-corrected chi connectivity index (χ0v) is 17.8. The molecule has 0 aromatic heterocycles. The molecule has 0 spiro atoms. The predicted molar refractivity (Wildman–Crippen MR) is 125 cm³/mol. The first kappa shape index (κ1) is 17.5. The van der Waals surface area contributed by atoms with E-state index < -0.39 is 0 Å². The van der Waals surface area contributed by atoms with Crippen molar-refractivity contribution in [3.63, 3.8) is 0 Å². The molecule has 0 aliphatic heterocycles. The Bertz CT molecular complexity index is 1260. The van der Waals surface area contributed by atoms with Gasteiger partial charge in [-0.05, 0) is 91.0 Å². The summed E-state index contributed by atoms with van der Waals surface area (Å²) < 4.78 is 0. The summed E-state index contributed by atoms with van der Waals surface area (Å²) in [6.45, 7) is 13.7. The molecule has 0 atom stereocenters. The highest BCUT2D eigenvalue weighted by Crippen LogP contribution is 2.44. The number of hydrogen-bond donors (Lipinski definition) is 0. The van der Waals surface area contributed by atoms with Crippen molar-refractivity contribution >= 4 is 43.1 Å². The number of fused-ring (bicyclic) bond motifs is 2. The van der Waals surface area contributed by atoms with Crippen LogP contribution in [0, 0.1) is 13.8 Å². The molecule has 5 aromatic carbocycles. The molecular weight excluding hydrogens is 336 g/mol. The summed E-state index contributed by atoms with van der Waals surface area (Å²) in [6, 6.07) is 19.0. The minimum Gasteiger partial charge on any atom is -0.0587 e. The van der Waals surface area contributed by atoms with Gasteiger partial charge in [0.05, 0.1) is 0 Å². The summed E-state index contributed by atoms with van der Waals surface area (Å²) in [5, 5.41) is 11.3. The van der Waals surface area contributed by atoms with Gasteiger partial charge in [0.1, 0.15) is 0 Å². The second-order valence-electron chi connectivity index (χ2n) is 9.15. The van der Waals surface area contributed by atoms with Gasteiger partial charge in [0, 0.05) is 0 Å². The van der Waals surface area contributed by atoms with Crippen molar-refractivity contribution in [2.75, 3.05) is 0 Å². The van der Waals surface area contributed by atoms with Crippen molar-refractivity contribution in [1.82, 2.24) is 0 Å². The Morgan fingerprint density at radius 2 is 0.821 bits per heavy atom. The maximum absolute atomic E-state index is 2.46. The Labute approximate surface area is 167 Å². The average Bonchev–Trinajstić information content (AvgIpc) is 2.67. The molecule has 0 heteroatoms. The maximum atomic E-state index is 2.46. The highest BCUT2D eigenvalue weighted by Gasteiger charge is 2.17. The van der Waals surface area contributed by atoms with Crippen LogP contribution >= 0.6 is 0 Å². The van der Waals surface area contributed by atoms with E-state index in [0.717, 1.165) is 0 Å². The Morgan fingerprint density at radius 3 is 1.18 bits per heavy atom. The van der Waals surface area contributed by atoms with Crippen LogP contribution in [0.1, 0.15) is 61.8 Å². The minimum atomic E-state index is 0.520. The van der Waals surface area contributed by atoms with E-state index in [4.69, 9.17) is 0 Å². The minimum absolute atomic E-state index is 0.520. The van der Waals surface area contributed by atoms with Gasteiger partial charge in [-0.15, -0.1) is 0 Å².